The van der Waals surface area contributed by atoms with Crippen molar-refractivity contribution < 1.29 is 22.7 Å². The fraction of sp³-hybridized carbons (Fsp3) is 0.562. The molecule has 1 aliphatic carbocycles. The van der Waals surface area contributed by atoms with E-state index in [2.05, 4.69) is 0 Å². The highest BCUT2D eigenvalue weighted by molar-refractivity contribution is 5.77. The van der Waals surface area contributed by atoms with Crippen molar-refractivity contribution in [2.45, 2.75) is 44.3 Å². The molecule has 0 atom stereocenters. The summed E-state index contributed by atoms with van der Waals surface area (Å²) in [6, 6.07) is 4.79. The molecule has 0 unspecified atom stereocenters. The molecule has 122 valence electrons. The Morgan fingerprint density at radius 1 is 1.27 bits per heavy atom. The van der Waals surface area contributed by atoms with Gasteiger partial charge in [-0.25, -0.2) is 0 Å². The van der Waals surface area contributed by atoms with Crippen LogP contribution in [0.2, 0.25) is 0 Å². The van der Waals surface area contributed by atoms with E-state index in [1.807, 2.05) is 0 Å². The fourth-order valence-corrected chi connectivity index (χ4v) is 2.68. The van der Waals surface area contributed by atoms with E-state index in [9.17, 15) is 18.0 Å². The molecule has 22 heavy (non-hydrogen) atoms. The Labute approximate surface area is 128 Å². The van der Waals surface area contributed by atoms with Crippen molar-refractivity contribution in [2.24, 2.45) is 0 Å². The maximum atomic E-state index is 12.6. The number of amides is 1. The van der Waals surface area contributed by atoms with E-state index in [1.54, 1.807) is 11.9 Å². The van der Waals surface area contributed by atoms with E-state index in [1.165, 1.54) is 18.6 Å². The van der Waals surface area contributed by atoms with Gasteiger partial charge in [-0.3, -0.25) is 4.79 Å². The number of hydrogen-bond acceptors (Lipinski definition) is 2. The van der Waals surface area contributed by atoms with Crippen molar-refractivity contribution in [1.82, 2.24) is 4.90 Å². The third-order valence-electron chi connectivity index (χ3n) is 4.04. The summed E-state index contributed by atoms with van der Waals surface area (Å²) in [6.45, 7) is -0.242. The van der Waals surface area contributed by atoms with E-state index in [4.69, 9.17) is 4.74 Å². The number of ether oxygens (including phenoxy) is 1. The predicted octanol–water partition coefficient (Wildman–Crippen LogP) is 3.88. The monoisotopic (exact) mass is 315 g/mol. The first-order valence-electron chi connectivity index (χ1n) is 7.43. The van der Waals surface area contributed by atoms with E-state index >= 15 is 0 Å². The molecule has 3 nitrogen and oxygen atoms in total. The van der Waals surface area contributed by atoms with Crippen LogP contribution in [0.5, 0.6) is 5.75 Å². The van der Waals surface area contributed by atoms with Crippen molar-refractivity contribution in [1.29, 1.82) is 0 Å². The summed E-state index contributed by atoms with van der Waals surface area (Å²) < 4.78 is 43.0. The lowest BCUT2D eigenvalue weighted by molar-refractivity contribution is -0.137. The van der Waals surface area contributed by atoms with Gasteiger partial charge in [0.25, 0.3) is 5.91 Å². The Hall–Kier alpha value is -1.72. The van der Waals surface area contributed by atoms with Crippen LogP contribution in [-0.2, 0) is 11.0 Å². The van der Waals surface area contributed by atoms with Crippen molar-refractivity contribution >= 4 is 5.91 Å². The van der Waals surface area contributed by atoms with Gasteiger partial charge in [0.2, 0.25) is 0 Å². The molecule has 1 saturated carbocycles. The number of hydrogen-bond donors (Lipinski definition) is 0. The van der Waals surface area contributed by atoms with Gasteiger partial charge >= 0.3 is 6.18 Å². The maximum absolute atomic E-state index is 12.6. The number of rotatable bonds is 4. The Bertz CT molecular complexity index is 510. The first-order chi connectivity index (χ1) is 10.4. The van der Waals surface area contributed by atoms with Gasteiger partial charge in [0, 0.05) is 13.1 Å². The van der Waals surface area contributed by atoms with Crippen LogP contribution in [0.3, 0.4) is 0 Å². The summed E-state index contributed by atoms with van der Waals surface area (Å²) in [5, 5.41) is 0. The Morgan fingerprint density at radius 3 is 2.59 bits per heavy atom. The smallest absolute Gasteiger partial charge is 0.416 e. The number of nitrogens with zero attached hydrogens (tertiary/aromatic N) is 1. The lowest BCUT2D eigenvalue weighted by atomic mass is 9.94. The van der Waals surface area contributed by atoms with Crippen molar-refractivity contribution in [3.8, 4) is 5.75 Å². The fourth-order valence-electron chi connectivity index (χ4n) is 2.68. The third kappa shape index (κ3) is 4.39. The molecular formula is C16H20F3NO2. The highest BCUT2D eigenvalue weighted by atomic mass is 19.4. The minimum atomic E-state index is -4.41. The lowest BCUT2D eigenvalue weighted by Crippen LogP contribution is -2.40. The third-order valence-corrected chi connectivity index (χ3v) is 4.04. The molecule has 0 N–H and O–H groups in total. The molecule has 6 heteroatoms. The molecule has 0 bridgehead atoms. The van der Waals surface area contributed by atoms with Crippen molar-refractivity contribution in [3.05, 3.63) is 29.8 Å². The number of alkyl halides is 3. The van der Waals surface area contributed by atoms with Crippen LogP contribution in [0.4, 0.5) is 13.2 Å². The van der Waals surface area contributed by atoms with Gasteiger partial charge < -0.3 is 9.64 Å². The summed E-state index contributed by atoms with van der Waals surface area (Å²) in [5.41, 5.74) is -0.780. The van der Waals surface area contributed by atoms with Gasteiger partial charge in [0.15, 0.2) is 6.61 Å². The SMILES string of the molecule is CN(C(=O)COc1cccc(C(F)(F)F)c1)C1CCCCC1. The average molecular weight is 315 g/mol. The second-order valence-electron chi connectivity index (χ2n) is 5.61. The van der Waals surface area contributed by atoms with Crippen LogP contribution in [0.1, 0.15) is 37.7 Å². The summed E-state index contributed by atoms with van der Waals surface area (Å²) >= 11 is 0. The van der Waals surface area contributed by atoms with Gasteiger partial charge in [0.05, 0.1) is 5.56 Å². The molecule has 0 spiro atoms. The van der Waals surface area contributed by atoms with E-state index in [-0.39, 0.29) is 24.3 Å². The molecule has 2 rings (SSSR count). The molecule has 1 aliphatic rings. The zero-order valence-electron chi connectivity index (χ0n) is 12.5. The largest absolute Gasteiger partial charge is 0.484 e. The molecule has 0 radical (unpaired) electrons. The number of carbonyl (C=O) groups excluding carboxylic acids is 1. The molecular weight excluding hydrogens is 295 g/mol. The predicted molar refractivity (Wildman–Crippen MR) is 76.6 cm³/mol. The molecule has 0 saturated heterocycles. The number of halogens is 3. The summed E-state index contributed by atoms with van der Waals surface area (Å²) in [5.74, 6) is -0.149. The Morgan fingerprint density at radius 2 is 1.95 bits per heavy atom. The van der Waals surface area contributed by atoms with Crippen molar-refractivity contribution in [2.75, 3.05) is 13.7 Å². The summed E-state index contributed by atoms with van der Waals surface area (Å²) in [4.78, 5) is 13.7. The molecule has 0 heterocycles. The summed E-state index contributed by atoms with van der Waals surface area (Å²) in [6.07, 6.45) is 0.951. The topological polar surface area (TPSA) is 29.5 Å². The van der Waals surface area contributed by atoms with Gasteiger partial charge in [-0.15, -0.1) is 0 Å². The quantitative estimate of drug-likeness (QED) is 0.844. The normalized spacial score (nSPS) is 16.4. The van der Waals surface area contributed by atoms with Gasteiger partial charge in [-0.05, 0) is 31.0 Å². The van der Waals surface area contributed by atoms with E-state index < -0.39 is 11.7 Å². The summed E-state index contributed by atoms with van der Waals surface area (Å²) in [7, 11) is 1.73. The molecule has 0 aromatic heterocycles. The standard InChI is InChI=1S/C16H20F3NO2/c1-20(13-7-3-2-4-8-13)15(21)11-22-14-9-5-6-12(10-14)16(17,18)19/h5-6,9-10,13H,2-4,7-8,11H2,1H3. The zero-order valence-corrected chi connectivity index (χ0v) is 12.5. The first-order valence-corrected chi connectivity index (χ1v) is 7.43. The molecule has 1 amide bonds. The van der Waals surface area contributed by atoms with Gasteiger partial charge in [-0.1, -0.05) is 25.3 Å². The maximum Gasteiger partial charge on any atom is 0.416 e. The second-order valence-corrected chi connectivity index (χ2v) is 5.61. The van der Waals surface area contributed by atoms with Crippen LogP contribution in [0.15, 0.2) is 24.3 Å². The molecule has 0 aliphatic heterocycles. The second kappa shape index (κ2) is 7.03. The average Bonchev–Trinajstić information content (AvgIpc) is 2.52. The van der Waals surface area contributed by atoms with Crippen LogP contribution in [-0.4, -0.2) is 30.5 Å². The van der Waals surface area contributed by atoms with Gasteiger partial charge in [0.1, 0.15) is 5.75 Å². The lowest BCUT2D eigenvalue weighted by Gasteiger charge is -2.31. The zero-order chi connectivity index (χ0) is 16.2. The van der Waals surface area contributed by atoms with E-state index in [0.29, 0.717) is 0 Å². The highest BCUT2D eigenvalue weighted by Crippen LogP contribution is 2.31. The molecule has 1 aromatic rings. The van der Waals surface area contributed by atoms with Crippen molar-refractivity contribution in [3.63, 3.8) is 0 Å². The van der Waals surface area contributed by atoms with Crippen LogP contribution in [0.25, 0.3) is 0 Å². The molecule has 1 fully saturated rings. The van der Waals surface area contributed by atoms with E-state index in [0.717, 1.165) is 37.8 Å². The van der Waals surface area contributed by atoms with Gasteiger partial charge in [-0.2, -0.15) is 13.2 Å². The minimum absolute atomic E-state index is 0.0558. The van der Waals surface area contributed by atoms with Crippen LogP contribution >= 0.6 is 0 Å². The Kier molecular flexibility index (Phi) is 5.32. The Balaban J connectivity index is 1.90. The number of benzene rings is 1. The minimum Gasteiger partial charge on any atom is -0.484 e. The van der Waals surface area contributed by atoms with Crippen LogP contribution < -0.4 is 4.74 Å². The van der Waals surface area contributed by atoms with Crippen LogP contribution in [0, 0.1) is 0 Å². The molecule has 1 aromatic carbocycles. The first kappa shape index (κ1) is 16.6. The highest BCUT2D eigenvalue weighted by Gasteiger charge is 2.30. The number of carbonyl (C=O) groups is 1. The number of likely N-dealkylation sites (N-methyl/N-ethyl adjacent to an activating group) is 1.